The van der Waals surface area contributed by atoms with Crippen molar-refractivity contribution in [1.82, 2.24) is 0 Å². The van der Waals surface area contributed by atoms with Gasteiger partial charge in [0, 0.05) is 23.4 Å². The second-order valence-corrected chi connectivity index (χ2v) is 9.18. The maximum Gasteiger partial charge on any atom is 0.303 e. The minimum Gasteiger partial charge on any atom is -0.487 e. The number of benzene rings is 2. The number of halogens is 2. The lowest BCUT2D eigenvalue weighted by Crippen LogP contribution is -2.25. The SMILES string of the molecule is CCCCCc1c(CCC(=O)O)ccc(OCc2cc(Cl)cc3c2OC(C)(C)C3)c1F. The molecule has 6 heteroatoms. The lowest BCUT2D eigenvalue weighted by atomic mass is 9.97. The highest BCUT2D eigenvalue weighted by Gasteiger charge is 2.32. The molecular formula is C25H30ClFO4. The summed E-state index contributed by atoms with van der Waals surface area (Å²) in [4.78, 5) is 11.0. The average Bonchev–Trinajstić information content (AvgIpc) is 3.00. The molecule has 0 spiro atoms. The summed E-state index contributed by atoms with van der Waals surface area (Å²) in [7, 11) is 0. The number of carboxylic acid groups (broad SMARTS) is 1. The fourth-order valence-corrected chi connectivity index (χ4v) is 4.32. The lowest BCUT2D eigenvalue weighted by molar-refractivity contribution is -0.136. The third-order valence-electron chi connectivity index (χ3n) is 5.53. The van der Waals surface area contributed by atoms with Crippen LogP contribution in [0.15, 0.2) is 24.3 Å². The van der Waals surface area contributed by atoms with E-state index in [9.17, 15) is 4.79 Å². The Bertz CT molecular complexity index is 955. The van der Waals surface area contributed by atoms with E-state index in [-0.39, 0.29) is 24.4 Å². The maximum atomic E-state index is 15.3. The summed E-state index contributed by atoms with van der Waals surface area (Å²) in [6.45, 7) is 6.26. The van der Waals surface area contributed by atoms with Crippen LogP contribution in [0.2, 0.25) is 5.02 Å². The topological polar surface area (TPSA) is 55.8 Å². The van der Waals surface area contributed by atoms with Crippen molar-refractivity contribution in [2.45, 2.75) is 77.9 Å². The summed E-state index contributed by atoms with van der Waals surface area (Å²) >= 11 is 6.28. The van der Waals surface area contributed by atoms with Gasteiger partial charge in [-0.1, -0.05) is 37.4 Å². The van der Waals surface area contributed by atoms with Crippen LogP contribution in [-0.4, -0.2) is 16.7 Å². The Morgan fingerprint density at radius 2 is 2.00 bits per heavy atom. The van der Waals surface area contributed by atoms with E-state index in [2.05, 4.69) is 6.92 Å². The number of aliphatic carboxylic acids is 1. The number of aryl methyl sites for hydroxylation is 1. The van der Waals surface area contributed by atoms with E-state index in [0.717, 1.165) is 48.1 Å². The predicted molar refractivity (Wildman–Crippen MR) is 120 cm³/mol. The van der Waals surface area contributed by atoms with E-state index in [0.29, 0.717) is 23.4 Å². The molecule has 0 fully saturated rings. The average molecular weight is 449 g/mol. The molecule has 3 rings (SSSR count). The molecule has 4 nitrogen and oxygen atoms in total. The second-order valence-electron chi connectivity index (χ2n) is 8.75. The normalized spacial score (nSPS) is 14.2. The first-order valence-electron chi connectivity index (χ1n) is 10.9. The molecule has 0 aromatic heterocycles. The minimum absolute atomic E-state index is 0.0256. The molecular weight excluding hydrogens is 419 g/mol. The van der Waals surface area contributed by atoms with Crippen LogP contribution in [0.25, 0.3) is 0 Å². The fourth-order valence-electron chi connectivity index (χ4n) is 4.06. The van der Waals surface area contributed by atoms with Gasteiger partial charge in [0.2, 0.25) is 0 Å². The van der Waals surface area contributed by atoms with Crippen LogP contribution in [0.5, 0.6) is 11.5 Å². The Morgan fingerprint density at radius 3 is 2.71 bits per heavy atom. The Labute approximate surface area is 188 Å². The monoisotopic (exact) mass is 448 g/mol. The van der Waals surface area contributed by atoms with Crippen molar-refractivity contribution in [3.63, 3.8) is 0 Å². The molecule has 0 saturated heterocycles. The molecule has 0 bridgehead atoms. The summed E-state index contributed by atoms with van der Waals surface area (Å²) in [6, 6.07) is 7.07. The van der Waals surface area contributed by atoms with Gasteiger partial charge in [0.05, 0.1) is 0 Å². The highest BCUT2D eigenvalue weighted by atomic mass is 35.5. The van der Waals surface area contributed by atoms with Crippen molar-refractivity contribution in [2.24, 2.45) is 0 Å². The van der Waals surface area contributed by atoms with Crippen molar-refractivity contribution in [3.05, 3.63) is 57.4 Å². The van der Waals surface area contributed by atoms with E-state index < -0.39 is 11.8 Å². The Morgan fingerprint density at radius 1 is 1.23 bits per heavy atom. The third kappa shape index (κ3) is 5.91. The van der Waals surface area contributed by atoms with E-state index >= 15 is 4.39 Å². The zero-order chi connectivity index (χ0) is 22.6. The van der Waals surface area contributed by atoms with Gasteiger partial charge >= 0.3 is 5.97 Å². The van der Waals surface area contributed by atoms with Gasteiger partial charge < -0.3 is 14.6 Å². The summed E-state index contributed by atoms with van der Waals surface area (Å²) in [5, 5.41) is 9.61. The molecule has 0 atom stereocenters. The molecule has 0 radical (unpaired) electrons. The highest BCUT2D eigenvalue weighted by Crippen LogP contribution is 2.40. The highest BCUT2D eigenvalue weighted by molar-refractivity contribution is 6.30. The molecule has 1 aliphatic heterocycles. The predicted octanol–water partition coefficient (Wildman–Crippen LogP) is 6.52. The van der Waals surface area contributed by atoms with Gasteiger partial charge in [0.25, 0.3) is 0 Å². The number of unbranched alkanes of at least 4 members (excludes halogenated alkanes) is 2. The first kappa shape index (κ1) is 23.4. The number of carboxylic acids is 1. The molecule has 31 heavy (non-hydrogen) atoms. The Hall–Kier alpha value is -2.27. The van der Waals surface area contributed by atoms with Crippen LogP contribution in [0.3, 0.4) is 0 Å². The standard InChI is InChI=1S/C25H30ClFO4/c1-4-5-6-7-20-16(9-11-22(28)29)8-10-21(23(20)27)30-15-18-13-19(26)12-17-14-25(2,3)31-24(17)18/h8,10,12-13H,4-7,9,11,14-15H2,1-3H3,(H,28,29). The molecule has 1 N–H and O–H groups in total. The lowest BCUT2D eigenvalue weighted by Gasteiger charge is -2.19. The van der Waals surface area contributed by atoms with Crippen LogP contribution in [0.1, 0.15) is 68.7 Å². The molecule has 1 heterocycles. The van der Waals surface area contributed by atoms with Crippen LogP contribution in [-0.2, 0) is 30.7 Å². The molecule has 1 aliphatic rings. The number of rotatable bonds is 10. The summed E-state index contributed by atoms with van der Waals surface area (Å²) in [5.74, 6) is -0.371. The van der Waals surface area contributed by atoms with Crippen molar-refractivity contribution in [3.8, 4) is 11.5 Å². The van der Waals surface area contributed by atoms with E-state index in [1.807, 2.05) is 19.9 Å². The zero-order valence-corrected chi connectivity index (χ0v) is 19.2. The summed E-state index contributed by atoms with van der Waals surface area (Å²) < 4.78 is 27.3. The van der Waals surface area contributed by atoms with Crippen molar-refractivity contribution in [1.29, 1.82) is 0 Å². The molecule has 0 saturated carbocycles. The van der Waals surface area contributed by atoms with Gasteiger partial charge in [0.15, 0.2) is 11.6 Å². The van der Waals surface area contributed by atoms with Crippen LogP contribution in [0.4, 0.5) is 4.39 Å². The van der Waals surface area contributed by atoms with Gasteiger partial charge in [-0.2, -0.15) is 0 Å². The molecule has 2 aromatic rings. The zero-order valence-electron chi connectivity index (χ0n) is 18.4. The fraction of sp³-hybridized carbons (Fsp3) is 0.480. The first-order chi connectivity index (χ1) is 14.7. The van der Waals surface area contributed by atoms with Gasteiger partial charge in [-0.05, 0) is 68.0 Å². The van der Waals surface area contributed by atoms with Crippen molar-refractivity contribution < 1.29 is 23.8 Å². The number of hydrogen-bond acceptors (Lipinski definition) is 3. The maximum absolute atomic E-state index is 15.3. The number of hydrogen-bond donors (Lipinski definition) is 1. The number of ether oxygens (including phenoxy) is 2. The molecule has 0 aliphatic carbocycles. The van der Waals surface area contributed by atoms with Gasteiger partial charge in [-0.15, -0.1) is 0 Å². The Kier molecular flexibility index (Phi) is 7.47. The van der Waals surface area contributed by atoms with Gasteiger partial charge in [0.1, 0.15) is 18.0 Å². The molecule has 0 unspecified atom stereocenters. The quantitative estimate of drug-likeness (QED) is 0.420. The van der Waals surface area contributed by atoms with Crippen LogP contribution in [0, 0.1) is 5.82 Å². The number of carbonyl (C=O) groups is 1. The first-order valence-corrected chi connectivity index (χ1v) is 11.2. The van der Waals surface area contributed by atoms with Gasteiger partial charge in [-0.3, -0.25) is 4.79 Å². The minimum atomic E-state index is -0.891. The molecule has 0 amide bonds. The summed E-state index contributed by atoms with van der Waals surface area (Å²) in [6.07, 6.45) is 4.46. The van der Waals surface area contributed by atoms with E-state index in [1.54, 1.807) is 18.2 Å². The van der Waals surface area contributed by atoms with Crippen molar-refractivity contribution >= 4 is 17.6 Å². The molecule has 168 valence electrons. The smallest absolute Gasteiger partial charge is 0.303 e. The second kappa shape index (κ2) is 9.90. The molecule has 2 aromatic carbocycles. The van der Waals surface area contributed by atoms with E-state index in [1.165, 1.54) is 0 Å². The summed E-state index contributed by atoms with van der Waals surface area (Å²) in [5.41, 5.74) is 2.79. The van der Waals surface area contributed by atoms with E-state index in [4.69, 9.17) is 26.2 Å². The number of fused-ring (bicyclic) bond motifs is 1. The van der Waals surface area contributed by atoms with Gasteiger partial charge in [-0.25, -0.2) is 4.39 Å². The van der Waals surface area contributed by atoms with Crippen LogP contribution >= 0.6 is 11.6 Å². The Balaban J connectivity index is 1.82. The van der Waals surface area contributed by atoms with Crippen molar-refractivity contribution in [2.75, 3.05) is 0 Å². The van der Waals surface area contributed by atoms with Crippen LogP contribution < -0.4 is 9.47 Å². The third-order valence-corrected chi connectivity index (χ3v) is 5.75. The largest absolute Gasteiger partial charge is 0.487 e.